The van der Waals surface area contributed by atoms with E-state index in [0.717, 1.165) is 11.1 Å². The van der Waals surface area contributed by atoms with E-state index in [1.54, 1.807) is 0 Å². The third kappa shape index (κ3) is 5.71. The smallest absolute Gasteiger partial charge is 0.315 e. The predicted octanol–water partition coefficient (Wildman–Crippen LogP) is 1.68. The number of nitrogens with zero attached hydrogens (tertiary/aromatic N) is 2. The number of nitrogens with one attached hydrogen (secondary N) is 3. The van der Waals surface area contributed by atoms with E-state index in [0.29, 0.717) is 24.7 Å². The second kappa shape index (κ2) is 8.28. The molecule has 2 rings (SSSR count). The van der Waals surface area contributed by atoms with Gasteiger partial charge in [0.05, 0.1) is 6.10 Å². The fourth-order valence-electron chi connectivity index (χ4n) is 2.26. The van der Waals surface area contributed by atoms with Crippen molar-refractivity contribution in [3.05, 3.63) is 36.2 Å². The van der Waals surface area contributed by atoms with Crippen LogP contribution in [0, 0.1) is 5.92 Å². The molecule has 4 N–H and O–H groups in total. The first-order chi connectivity index (χ1) is 11.0. The number of aliphatic hydroxyl groups is 1. The van der Waals surface area contributed by atoms with E-state index in [9.17, 15) is 9.90 Å². The van der Waals surface area contributed by atoms with Gasteiger partial charge in [0.25, 0.3) is 0 Å². The Labute approximate surface area is 135 Å². The molecular formula is C16H23N5O2. The largest absolute Gasteiger partial charge is 0.391 e. The van der Waals surface area contributed by atoms with Crippen molar-refractivity contribution in [3.8, 4) is 11.4 Å². The maximum Gasteiger partial charge on any atom is 0.315 e. The molecule has 7 nitrogen and oxygen atoms in total. The minimum atomic E-state index is -0.518. The highest BCUT2D eigenvalue weighted by molar-refractivity contribution is 5.73. The number of urea groups is 1. The molecule has 0 aliphatic carbocycles. The van der Waals surface area contributed by atoms with Crippen LogP contribution < -0.4 is 10.6 Å². The van der Waals surface area contributed by atoms with Crippen LogP contribution in [0.1, 0.15) is 25.8 Å². The van der Waals surface area contributed by atoms with Crippen molar-refractivity contribution in [1.29, 1.82) is 0 Å². The molecular weight excluding hydrogens is 294 g/mol. The SMILES string of the molecule is CC(C)CC(O)CNC(=O)NCc1cccc(-c2ncn[nH]2)c1. The first-order valence-electron chi connectivity index (χ1n) is 7.69. The lowest BCUT2D eigenvalue weighted by atomic mass is 10.1. The quantitative estimate of drug-likeness (QED) is 0.624. The number of amides is 2. The number of hydrogen-bond donors (Lipinski definition) is 4. The third-order valence-electron chi connectivity index (χ3n) is 3.31. The van der Waals surface area contributed by atoms with Gasteiger partial charge < -0.3 is 15.7 Å². The molecule has 1 heterocycles. The van der Waals surface area contributed by atoms with Gasteiger partial charge in [0.2, 0.25) is 0 Å². The summed E-state index contributed by atoms with van der Waals surface area (Å²) in [6.45, 7) is 4.71. The zero-order chi connectivity index (χ0) is 16.7. The summed E-state index contributed by atoms with van der Waals surface area (Å²) in [6, 6.07) is 7.39. The Kier molecular flexibility index (Phi) is 6.10. The van der Waals surface area contributed by atoms with E-state index >= 15 is 0 Å². The molecule has 2 aromatic rings. The van der Waals surface area contributed by atoms with Gasteiger partial charge in [0, 0.05) is 18.7 Å². The van der Waals surface area contributed by atoms with E-state index in [-0.39, 0.29) is 12.6 Å². The molecule has 1 atom stereocenters. The summed E-state index contributed by atoms with van der Waals surface area (Å²) in [5.41, 5.74) is 1.87. The van der Waals surface area contributed by atoms with Crippen LogP contribution in [0.25, 0.3) is 11.4 Å². The number of rotatable bonds is 7. The zero-order valence-electron chi connectivity index (χ0n) is 13.4. The van der Waals surface area contributed by atoms with Crippen molar-refractivity contribution in [1.82, 2.24) is 25.8 Å². The Hall–Kier alpha value is -2.41. The lowest BCUT2D eigenvalue weighted by Gasteiger charge is -2.14. The number of aliphatic hydroxyl groups excluding tert-OH is 1. The molecule has 0 aliphatic heterocycles. The van der Waals surface area contributed by atoms with Crippen LogP contribution in [0.5, 0.6) is 0 Å². The summed E-state index contributed by atoms with van der Waals surface area (Å²) in [5, 5.41) is 21.8. The molecule has 1 aromatic carbocycles. The van der Waals surface area contributed by atoms with Gasteiger partial charge in [-0.25, -0.2) is 9.78 Å². The summed E-state index contributed by atoms with van der Waals surface area (Å²) < 4.78 is 0. The van der Waals surface area contributed by atoms with Gasteiger partial charge in [0.1, 0.15) is 6.33 Å². The fraction of sp³-hybridized carbons (Fsp3) is 0.438. The summed E-state index contributed by atoms with van der Waals surface area (Å²) in [5.74, 6) is 1.09. The van der Waals surface area contributed by atoms with Gasteiger partial charge in [-0.05, 0) is 24.0 Å². The molecule has 23 heavy (non-hydrogen) atoms. The van der Waals surface area contributed by atoms with Crippen molar-refractivity contribution in [2.45, 2.75) is 32.9 Å². The van der Waals surface area contributed by atoms with Crippen molar-refractivity contribution < 1.29 is 9.90 Å². The van der Waals surface area contributed by atoms with Gasteiger partial charge in [0.15, 0.2) is 5.82 Å². The Morgan fingerprint density at radius 2 is 2.17 bits per heavy atom. The van der Waals surface area contributed by atoms with E-state index in [1.165, 1.54) is 6.33 Å². The number of aromatic nitrogens is 3. The molecule has 0 saturated carbocycles. The number of carbonyl (C=O) groups excluding carboxylic acids is 1. The molecule has 0 spiro atoms. The van der Waals surface area contributed by atoms with Crippen molar-refractivity contribution in [2.24, 2.45) is 5.92 Å². The molecule has 2 amide bonds. The number of carbonyl (C=O) groups is 1. The fourth-order valence-corrected chi connectivity index (χ4v) is 2.26. The van der Waals surface area contributed by atoms with Crippen LogP contribution in [0.2, 0.25) is 0 Å². The number of hydrogen-bond acceptors (Lipinski definition) is 4. The second-order valence-corrected chi connectivity index (χ2v) is 5.88. The maximum atomic E-state index is 11.8. The monoisotopic (exact) mass is 317 g/mol. The highest BCUT2D eigenvalue weighted by Gasteiger charge is 2.09. The molecule has 0 bridgehead atoms. The average Bonchev–Trinajstić information content (AvgIpc) is 3.05. The lowest BCUT2D eigenvalue weighted by molar-refractivity contribution is 0.147. The highest BCUT2D eigenvalue weighted by atomic mass is 16.3. The maximum absolute atomic E-state index is 11.8. The Morgan fingerprint density at radius 3 is 2.87 bits per heavy atom. The average molecular weight is 317 g/mol. The van der Waals surface area contributed by atoms with Crippen LogP contribution in [-0.2, 0) is 6.54 Å². The second-order valence-electron chi connectivity index (χ2n) is 5.88. The van der Waals surface area contributed by atoms with E-state index in [2.05, 4.69) is 25.8 Å². The van der Waals surface area contributed by atoms with E-state index < -0.39 is 6.10 Å². The number of benzene rings is 1. The van der Waals surface area contributed by atoms with Gasteiger partial charge in [-0.15, -0.1) is 0 Å². The van der Waals surface area contributed by atoms with Crippen molar-refractivity contribution in [2.75, 3.05) is 6.54 Å². The summed E-state index contributed by atoms with van der Waals surface area (Å²) in [7, 11) is 0. The van der Waals surface area contributed by atoms with Crippen LogP contribution in [0.15, 0.2) is 30.6 Å². The van der Waals surface area contributed by atoms with Crippen molar-refractivity contribution in [3.63, 3.8) is 0 Å². The standard InChI is InChI=1S/C16H23N5O2/c1-11(2)6-14(22)9-18-16(23)17-8-12-4-3-5-13(7-12)15-19-10-20-21-15/h3-5,7,10-11,14,22H,6,8-9H2,1-2H3,(H2,17,18,23)(H,19,20,21). The molecule has 0 aliphatic rings. The van der Waals surface area contributed by atoms with E-state index in [1.807, 2.05) is 38.1 Å². The van der Waals surface area contributed by atoms with Crippen LogP contribution >= 0.6 is 0 Å². The minimum absolute atomic E-state index is 0.252. The van der Waals surface area contributed by atoms with Gasteiger partial charge >= 0.3 is 6.03 Å². The van der Waals surface area contributed by atoms with Gasteiger partial charge in [-0.2, -0.15) is 5.10 Å². The highest BCUT2D eigenvalue weighted by Crippen LogP contribution is 2.15. The summed E-state index contributed by atoms with van der Waals surface area (Å²) >= 11 is 0. The summed E-state index contributed by atoms with van der Waals surface area (Å²) in [4.78, 5) is 15.9. The predicted molar refractivity (Wildman–Crippen MR) is 87.5 cm³/mol. The Morgan fingerprint density at radius 1 is 1.35 bits per heavy atom. The first kappa shape index (κ1) is 17.0. The lowest BCUT2D eigenvalue weighted by Crippen LogP contribution is -2.39. The molecule has 0 fully saturated rings. The Bertz CT molecular complexity index is 613. The first-order valence-corrected chi connectivity index (χ1v) is 7.69. The van der Waals surface area contributed by atoms with Crippen LogP contribution in [0.3, 0.4) is 0 Å². The van der Waals surface area contributed by atoms with Crippen LogP contribution in [-0.4, -0.2) is 39.0 Å². The van der Waals surface area contributed by atoms with Gasteiger partial charge in [-0.1, -0.05) is 32.0 Å². The third-order valence-corrected chi connectivity index (χ3v) is 3.31. The van der Waals surface area contributed by atoms with Crippen LogP contribution in [0.4, 0.5) is 4.79 Å². The molecule has 124 valence electrons. The molecule has 0 saturated heterocycles. The number of H-pyrrole nitrogens is 1. The molecule has 1 unspecified atom stereocenters. The molecule has 0 radical (unpaired) electrons. The summed E-state index contributed by atoms with van der Waals surface area (Å²) in [6.07, 6.45) is 1.60. The van der Waals surface area contributed by atoms with Crippen molar-refractivity contribution >= 4 is 6.03 Å². The minimum Gasteiger partial charge on any atom is -0.391 e. The molecule has 7 heteroatoms. The zero-order valence-corrected chi connectivity index (χ0v) is 13.4. The van der Waals surface area contributed by atoms with E-state index in [4.69, 9.17) is 0 Å². The topological polar surface area (TPSA) is 103 Å². The normalized spacial score (nSPS) is 12.2. The Balaban J connectivity index is 1.79. The number of aromatic amines is 1. The van der Waals surface area contributed by atoms with Gasteiger partial charge in [-0.3, -0.25) is 5.10 Å². The molecule has 1 aromatic heterocycles.